The van der Waals surface area contributed by atoms with E-state index in [2.05, 4.69) is 24.8 Å². The summed E-state index contributed by atoms with van der Waals surface area (Å²) >= 11 is 0. The summed E-state index contributed by atoms with van der Waals surface area (Å²) < 4.78 is 5.42. The molecular formula is C19H25N7O2. The SMILES string of the molecule is Cc1cnc(C(=O)N2CCN(c3cc(C)nc(N4CCOCC4)n3)CC2)cn1. The van der Waals surface area contributed by atoms with Crippen molar-refractivity contribution in [1.29, 1.82) is 0 Å². The molecule has 0 aliphatic carbocycles. The number of amides is 1. The van der Waals surface area contributed by atoms with E-state index in [1.54, 1.807) is 12.4 Å². The number of aromatic nitrogens is 4. The molecule has 2 aromatic heterocycles. The molecule has 0 bridgehead atoms. The van der Waals surface area contributed by atoms with Crippen LogP contribution in [-0.4, -0.2) is 83.2 Å². The van der Waals surface area contributed by atoms with Crippen LogP contribution in [0.1, 0.15) is 21.9 Å². The van der Waals surface area contributed by atoms with E-state index in [1.165, 1.54) is 0 Å². The molecule has 1 amide bonds. The van der Waals surface area contributed by atoms with Crippen molar-refractivity contribution < 1.29 is 9.53 Å². The van der Waals surface area contributed by atoms with E-state index in [0.717, 1.165) is 49.3 Å². The summed E-state index contributed by atoms with van der Waals surface area (Å²) in [4.78, 5) is 36.6. The summed E-state index contributed by atoms with van der Waals surface area (Å²) in [5, 5.41) is 0. The fraction of sp³-hybridized carbons (Fsp3) is 0.526. The van der Waals surface area contributed by atoms with E-state index >= 15 is 0 Å². The Balaban J connectivity index is 1.42. The zero-order valence-corrected chi connectivity index (χ0v) is 16.3. The smallest absolute Gasteiger partial charge is 0.274 e. The van der Waals surface area contributed by atoms with Gasteiger partial charge in [-0.25, -0.2) is 9.97 Å². The molecule has 2 fully saturated rings. The number of aryl methyl sites for hydroxylation is 2. The zero-order valence-electron chi connectivity index (χ0n) is 16.3. The van der Waals surface area contributed by atoms with Gasteiger partial charge >= 0.3 is 0 Å². The first-order chi connectivity index (χ1) is 13.6. The number of carbonyl (C=O) groups excluding carboxylic acids is 1. The van der Waals surface area contributed by atoms with Gasteiger partial charge in [0.15, 0.2) is 0 Å². The number of morpholine rings is 1. The highest BCUT2D eigenvalue weighted by atomic mass is 16.5. The van der Waals surface area contributed by atoms with Crippen LogP contribution in [-0.2, 0) is 4.74 Å². The first kappa shape index (κ1) is 18.5. The van der Waals surface area contributed by atoms with Gasteiger partial charge < -0.3 is 19.4 Å². The fourth-order valence-electron chi connectivity index (χ4n) is 3.41. The minimum absolute atomic E-state index is 0.0694. The third-order valence-electron chi connectivity index (χ3n) is 5.01. The van der Waals surface area contributed by atoms with Crippen LogP contribution in [0.2, 0.25) is 0 Å². The van der Waals surface area contributed by atoms with Crippen LogP contribution in [0.4, 0.5) is 11.8 Å². The number of hydrogen-bond acceptors (Lipinski definition) is 8. The van der Waals surface area contributed by atoms with Crippen LogP contribution in [0.3, 0.4) is 0 Å². The van der Waals surface area contributed by atoms with E-state index in [0.29, 0.717) is 32.0 Å². The summed E-state index contributed by atoms with van der Waals surface area (Å²) in [6, 6.07) is 2.01. The monoisotopic (exact) mass is 383 g/mol. The predicted molar refractivity (Wildman–Crippen MR) is 105 cm³/mol. The average Bonchev–Trinajstić information content (AvgIpc) is 2.74. The van der Waals surface area contributed by atoms with Crippen molar-refractivity contribution in [2.75, 3.05) is 62.3 Å². The number of hydrogen-bond donors (Lipinski definition) is 0. The quantitative estimate of drug-likeness (QED) is 0.765. The fourth-order valence-corrected chi connectivity index (χ4v) is 3.41. The van der Waals surface area contributed by atoms with E-state index in [4.69, 9.17) is 9.72 Å². The van der Waals surface area contributed by atoms with Gasteiger partial charge in [-0.15, -0.1) is 0 Å². The summed E-state index contributed by atoms with van der Waals surface area (Å²) in [5.41, 5.74) is 2.14. The third-order valence-corrected chi connectivity index (χ3v) is 5.01. The van der Waals surface area contributed by atoms with E-state index < -0.39 is 0 Å². The lowest BCUT2D eigenvalue weighted by atomic mass is 10.2. The average molecular weight is 383 g/mol. The molecular weight excluding hydrogens is 358 g/mol. The molecule has 0 saturated carbocycles. The van der Waals surface area contributed by atoms with E-state index in [9.17, 15) is 4.79 Å². The van der Waals surface area contributed by atoms with Crippen LogP contribution < -0.4 is 9.80 Å². The molecule has 0 aromatic carbocycles. The topological polar surface area (TPSA) is 87.6 Å². The van der Waals surface area contributed by atoms with Crippen molar-refractivity contribution in [1.82, 2.24) is 24.8 Å². The Morgan fingerprint density at radius 1 is 0.893 bits per heavy atom. The van der Waals surface area contributed by atoms with Gasteiger partial charge in [-0.1, -0.05) is 0 Å². The van der Waals surface area contributed by atoms with E-state index in [1.807, 2.05) is 24.8 Å². The summed E-state index contributed by atoms with van der Waals surface area (Å²) in [6.07, 6.45) is 3.17. The molecule has 4 heterocycles. The molecule has 0 spiro atoms. The van der Waals surface area contributed by atoms with Gasteiger partial charge in [-0.3, -0.25) is 9.78 Å². The highest BCUT2D eigenvalue weighted by molar-refractivity contribution is 5.92. The van der Waals surface area contributed by atoms with Crippen molar-refractivity contribution in [3.63, 3.8) is 0 Å². The summed E-state index contributed by atoms with van der Waals surface area (Å²) in [7, 11) is 0. The summed E-state index contributed by atoms with van der Waals surface area (Å²) in [5.74, 6) is 1.60. The molecule has 0 unspecified atom stereocenters. The Hall–Kier alpha value is -2.81. The maximum absolute atomic E-state index is 12.6. The predicted octanol–water partition coefficient (Wildman–Crippen LogP) is 0.682. The standard InChI is InChI=1S/C19H25N7O2/c1-14-11-17(23-19(22-14)26-7-9-28-10-8-26)24-3-5-25(6-4-24)18(27)16-13-20-15(2)12-21-16/h11-13H,3-10H2,1-2H3. The van der Waals surface area contributed by atoms with Gasteiger partial charge in [0.1, 0.15) is 11.5 Å². The second-order valence-electron chi connectivity index (χ2n) is 7.09. The molecule has 0 atom stereocenters. The van der Waals surface area contributed by atoms with Crippen LogP contribution in [0.5, 0.6) is 0 Å². The molecule has 0 N–H and O–H groups in total. The molecule has 9 heteroatoms. The Bertz CT molecular complexity index is 829. The van der Waals surface area contributed by atoms with Crippen molar-refractivity contribution in [2.45, 2.75) is 13.8 Å². The lowest BCUT2D eigenvalue weighted by Crippen LogP contribution is -2.49. The minimum atomic E-state index is -0.0694. The third kappa shape index (κ3) is 4.04. The Kier molecular flexibility index (Phi) is 5.34. The van der Waals surface area contributed by atoms with Gasteiger partial charge in [0.2, 0.25) is 5.95 Å². The Labute approximate surface area is 164 Å². The maximum Gasteiger partial charge on any atom is 0.274 e. The number of anilines is 2. The van der Waals surface area contributed by atoms with Gasteiger partial charge in [0.05, 0.1) is 25.1 Å². The highest BCUT2D eigenvalue weighted by Crippen LogP contribution is 2.20. The first-order valence-electron chi connectivity index (χ1n) is 9.61. The molecule has 9 nitrogen and oxygen atoms in total. The molecule has 0 radical (unpaired) electrons. The largest absolute Gasteiger partial charge is 0.378 e. The molecule has 2 aromatic rings. The molecule has 148 valence electrons. The second kappa shape index (κ2) is 8.05. The number of carbonyl (C=O) groups is 1. The normalized spacial score (nSPS) is 17.7. The zero-order chi connectivity index (χ0) is 19.5. The lowest BCUT2D eigenvalue weighted by molar-refractivity contribution is 0.0740. The Morgan fingerprint density at radius 3 is 2.32 bits per heavy atom. The number of piperazine rings is 1. The van der Waals surface area contributed by atoms with Crippen LogP contribution in [0, 0.1) is 13.8 Å². The van der Waals surface area contributed by atoms with Gasteiger partial charge in [-0.05, 0) is 13.8 Å². The van der Waals surface area contributed by atoms with Crippen molar-refractivity contribution in [3.8, 4) is 0 Å². The highest BCUT2D eigenvalue weighted by Gasteiger charge is 2.25. The van der Waals surface area contributed by atoms with Crippen molar-refractivity contribution in [2.24, 2.45) is 0 Å². The van der Waals surface area contributed by atoms with Gasteiger partial charge in [0, 0.05) is 57.2 Å². The maximum atomic E-state index is 12.6. The van der Waals surface area contributed by atoms with Gasteiger partial charge in [0.25, 0.3) is 5.91 Å². The van der Waals surface area contributed by atoms with Gasteiger partial charge in [-0.2, -0.15) is 4.98 Å². The van der Waals surface area contributed by atoms with Crippen LogP contribution in [0.25, 0.3) is 0 Å². The van der Waals surface area contributed by atoms with Crippen LogP contribution >= 0.6 is 0 Å². The molecule has 28 heavy (non-hydrogen) atoms. The van der Waals surface area contributed by atoms with E-state index in [-0.39, 0.29) is 5.91 Å². The summed E-state index contributed by atoms with van der Waals surface area (Å²) in [6.45, 7) is 9.58. The Morgan fingerprint density at radius 2 is 1.64 bits per heavy atom. The first-order valence-corrected chi connectivity index (χ1v) is 9.61. The molecule has 4 rings (SSSR count). The van der Waals surface area contributed by atoms with Crippen molar-refractivity contribution >= 4 is 17.7 Å². The molecule has 2 aliphatic rings. The molecule has 2 aliphatic heterocycles. The molecule has 2 saturated heterocycles. The number of ether oxygens (including phenoxy) is 1. The lowest BCUT2D eigenvalue weighted by Gasteiger charge is -2.36. The number of nitrogens with zero attached hydrogens (tertiary/aromatic N) is 7. The van der Waals surface area contributed by atoms with Crippen LogP contribution in [0.15, 0.2) is 18.5 Å². The number of rotatable bonds is 3. The minimum Gasteiger partial charge on any atom is -0.378 e. The second-order valence-corrected chi connectivity index (χ2v) is 7.09. The van der Waals surface area contributed by atoms with Crippen molar-refractivity contribution in [3.05, 3.63) is 35.5 Å².